The van der Waals surface area contributed by atoms with E-state index in [1.165, 1.54) is 70.3 Å². The van der Waals surface area contributed by atoms with E-state index in [4.69, 9.17) is 4.74 Å². The lowest BCUT2D eigenvalue weighted by atomic mass is 9.95. The van der Waals surface area contributed by atoms with Crippen LogP contribution in [0.2, 0.25) is 0 Å². The second kappa shape index (κ2) is 14.1. The third-order valence-corrected chi connectivity index (χ3v) is 5.04. The minimum absolute atomic E-state index is 0.00611. The minimum Gasteiger partial charge on any atom is -0.454 e. The number of allylic oxidation sites excluding steroid dienone is 1. The number of hydrogen-bond acceptors (Lipinski definition) is 3. The molecule has 0 heterocycles. The molecule has 0 aromatic rings. The monoisotopic (exact) mass is 350 g/mol. The number of esters is 1. The average Bonchev–Trinajstić information content (AvgIpc) is 2.56. The Bertz CT molecular complexity index is 397. The van der Waals surface area contributed by atoms with Gasteiger partial charge in [-0.2, -0.15) is 0 Å². The van der Waals surface area contributed by atoms with Gasteiger partial charge in [-0.25, -0.2) is 0 Å². The van der Waals surface area contributed by atoms with Gasteiger partial charge in [0.25, 0.3) is 0 Å². The van der Waals surface area contributed by atoms with Crippen molar-refractivity contribution in [2.45, 2.75) is 116 Å². The van der Waals surface area contributed by atoms with E-state index in [0.717, 1.165) is 32.1 Å². The Hall–Kier alpha value is -1.12. The summed E-state index contributed by atoms with van der Waals surface area (Å²) in [6.45, 7) is 3.53. The van der Waals surface area contributed by atoms with Gasteiger partial charge in [-0.15, -0.1) is 0 Å². The molecule has 0 radical (unpaired) electrons. The van der Waals surface area contributed by atoms with E-state index in [1.54, 1.807) is 0 Å². The van der Waals surface area contributed by atoms with Gasteiger partial charge in [-0.05, 0) is 44.6 Å². The van der Waals surface area contributed by atoms with Crippen molar-refractivity contribution in [1.29, 1.82) is 0 Å². The van der Waals surface area contributed by atoms with Crippen LogP contribution in [-0.2, 0) is 14.3 Å². The van der Waals surface area contributed by atoms with Crippen molar-refractivity contribution < 1.29 is 14.3 Å². The first kappa shape index (κ1) is 21.9. The van der Waals surface area contributed by atoms with E-state index in [9.17, 15) is 9.59 Å². The molecule has 25 heavy (non-hydrogen) atoms. The van der Waals surface area contributed by atoms with E-state index in [2.05, 4.69) is 6.92 Å². The van der Waals surface area contributed by atoms with Crippen molar-refractivity contribution in [2.24, 2.45) is 0 Å². The topological polar surface area (TPSA) is 43.4 Å². The fourth-order valence-corrected chi connectivity index (χ4v) is 3.54. The summed E-state index contributed by atoms with van der Waals surface area (Å²) in [6.07, 6.45) is 18.6. The Morgan fingerprint density at radius 1 is 0.920 bits per heavy atom. The number of ketones is 1. The van der Waals surface area contributed by atoms with Gasteiger partial charge in [0.1, 0.15) is 0 Å². The first-order chi connectivity index (χ1) is 12.1. The van der Waals surface area contributed by atoms with Crippen LogP contribution < -0.4 is 0 Å². The zero-order chi connectivity index (χ0) is 18.3. The van der Waals surface area contributed by atoms with Crippen LogP contribution >= 0.6 is 0 Å². The number of carbonyl (C=O) groups is 2. The molecule has 1 unspecified atom stereocenters. The number of carbonyl (C=O) groups excluding carboxylic acids is 2. The van der Waals surface area contributed by atoms with Gasteiger partial charge < -0.3 is 4.74 Å². The lowest BCUT2D eigenvalue weighted by Crippen LogP contribution is -2.25. The summed E-state index contributed by atoms with van der Waals surface area (Å²) in [5, 5.41) is 0. The Morgan fingerprint density at radius 3 is 1.92 bits per heavy atom. The van der Waals surface area contributed by atoms with E-state index in [1.807, 2.05) is 6.08 Å². The summed E-state index contributed by atoms with van der Waals surface area (Å²) in [7, 11) is 0. The first-order valence-electron chi connectivity index (χ1n) is 10.5. The van der Waals surface area contributed by atoms with Crippen LogP contribution in [0.1, 0.15) is 110 Å². The number of rotatable bonds is 7. The average molecular weight is 351 g/mol. The van der Waals surface area contributed by atoms with Crippen molar-refractivity contribution in [3.8, 4) is 0 Å². The minimum atomic E-state index is -0.585. The molecular weight excluding hydrogens is 312 g/mol. The lowest BCUT2D eigenvalue weighted by Gasteiger charge is -2.16. The fraction of sp³-hybridized carbons (Fsp3) is 0.818. The molecule has 1 fully saturated rings. The van der Waals surface area contributed by atoms with Crippen LogP contribution in [0, 0.1) is 0 Å². The molecule has 3 heteroatoms. The van der Waals surface area contributed by atoms with Crippen LogP contribution in [0.4, 0.5) is 0 Å². The third kappa shape index (κ3) is 11.2. The molecule has 0 saturated heterocycles. The van der Waals surface area contributed by atoms with E-state index >= 15 is 0 Å². The smallest absolute Gasteiger partial charge is 0.303 e. The molecule has 0 aromatic carbocycles. The number of hydrogen-bond donors (Lipinski definition) is 0. The molecule has 0 bridgehead atoms. The van der Waals surface area contributed by atoms with Crippen LogP contribution in [0.15, 0.2) is 11.6 Å². The van der Waals surface area contributed by atoms with Crippen LogP contribution in [0.25, 0.3) is 0 Å². The summed E-state index contributed by atoms with van der Waals surface area (Å²) in [5.41, 5.74) is 1.26. The zero-order valence-corrected chi connectivity index (χ0v) is 16.5. The molecule has 0 amide bonds. The van der Waals surface area contributed by atoms with Crippen LogP contribution in [-0.4, -0.2) is 17.9 Å². The molecule has 0 aliphatic heterocycles. The van der Waals surface area contributed by atoms with Crippen molar-refractivity contribution in [2.75, 3.05) is 0 Å². The third-order valence-electron chi connectivity index (χ3n) is 5.04. The Kier molecular flexibility index (Phi) is 12.4. The highest BCUT2D eigenvalue weighted by Crippen LogP contribution is 2.21. The standard InChI is InChI=1S/C22H38O3/c1-3-4-12-17-22(25-19(2)23)21(24)18-20-15-13-10-8-6-5-7-9-11-14-16-20/h18,22H,3-17H2,1-2H3. The highest BCUT2D eigenvalue weighted by Gasteiger charge is 2.19. The Balaban J connectivity index is 2.65. The normalized spacial score (nSPS) is 18.6. The van der Waals surface area contributed by atoms with Crippen LogP contribution in [0.5, 0.6) is 0 Å². The largest absolute Gasteiger partial charge is 0.454 e. The van der Waals surface area contributed by atoms with Gasteiger partial charge in [-0.3, -0.25) is 9.59 Å². The van der Waals surface area contributed by atoms with Gasteiger partial charge in [0.05, 0.1) is 0 Å². The van der Waals surface area contributed by atoms with E-state index < -0.39 is 6.10 Å². The van der Waals surface area contributed by atoms with Crippen molar-refractivity contribution in [1.82, 2.24) is 0 Å². The quantitative estimate of drug-likeness (QED) is 0.307. The summed E-state index contributed by atoms with van der Waals surface area (Å²) in [4.78, 5) is 24.0. The molecule has 3 nitrogen and oxygen atoms in total. The molecule has 1 aliphatic carbocycles. The molecular formula is C22H38O3. The predicted molar refractivity (Wildman–Crippen MR) is 104 cm³/mol. The second-order valence-corrected chi connectivity index (χ2v) is 7.48. The maximum Gasteiger partial charge on any atom is 0.303 e. The summed E-state index contributed by atoms with van der Waals surface area (Å²) in [5.74, 6) is -0.361. The highest BCUT2D eigenvalue weighted by molar-refractivity contribution is 5.95. The van der Waals surface area contributed by atoms with Gasteiger partial charge >= 0.3 is 5.97 Å². The SMILES string of the molecule is CCCCCC(OC(C)=O)C(=O)C=C1CCCCCCCCCCC1. The van der Waals surface area contributed by atoms with Gasteiger partial charge in [0, 0.05) is 6.92 Å². The lowest BCUT2D eigenvalue weighted by molar-refractivity contribution is -0.151. The van der Waals surface area contributed by atoms with Gasteiger partial charge in [-0.1, -0.05) is 70.3 Å². The predicted octanol–water partition coefficient (Wildman–Crippen LogP) is 6.30. The molecule has 1 atom stereocenters. The zero-order valence-electron chi connectivity index (χ0n) is 16.5. The molecule has 1 rings (SSSR count). The number of unbranched alkanes of at least 4 members (excludes halogenated alkanes) is 2. The maximum atomic E-state index is 12.7. The maximum absolute atomic E-state index is 12.7. The van der Waals surface area contributed by atoms with Crippen molar-refractivity contribution in [3.05, 3.63) is 11.6 Å². The molecule has 0 aromatic heterocycles. The molecule has 0 spiro atoms. The van der Waals surface area contributed by atoms with E-state index in [0.29, 0.717) is 6.42 Å². The van der Waals surface area contributed by atoms with Gasteiger partial charge in [0.15, 0.2) is 11.9 Å². The van der Waals surface area contributed by atoms with Crippen LogP contribution in [0.3, 0.4) is 0 Å². The summed E-state index contributed by atoms with van der Waals surface area (Å²) in [6, 6.07) is 0. The Labute approximate surface area is 154 Å². The summed E-state index contributed by atoms with van der Waals surface area (Å²) < 4.78 is 5.30. The Morgan fingerprint density at radius 2 is 1.44 bits per heavy atom. The second-order valence-electron chi connectivity index (χ2n) is 7.48. The first-order valence-corrected chi connectivity index (χ1v) is 10.5. The molecule has 1 saturated carbocycles. The number of ether oxygens (including phenoxy) is 1. The van der Waals surface area contributed by atoms with E-state index in [-0.39, 0.29) is 11.8 Å². The van der Waals surface area contributed by atoms with Gasteiger partial charge in [0.2, 0.25) is 0 Å². The molecule has 1 aliphatic rings. The fourth-order valence-electron chi connectivity index (χ4n) is 3.54. The summed E-state index contributed by atoms with van der Waals surface area (Å²) >= 11 is 0. The highest BCUT2D eigenvalue weighted by atomic mass is 16.5. The molecule has 144 valence electrons. The van der Waals surface area contributed by atoms with Crippen molar-refractivity contribution in [3.63, 3.8) is 0 Å². The van der Waals surface area contributed by atoms with Crippen molar-refractivity contribution >= 4 is 11.8 Å². The molecule has 0 N–H and O–H groups in total.